The summed E-state index contributed by atoms with van der Waals surface area (Å²) in [5.41, 5.74) is 2.07. The summed E-state index contributed by atoms with van der Waals surface area (Å²) in [5, 5.41) is 18.8. The summed E-state index contributed by atoms with van der Waals surface area (Å²) in [5.74, 6) is 1.63. The van der Waals surface area contributed by atoms with Crippen molar-refractivity contribution in [3.05, 3.63) is 88.2 Å². The Labute approximate surface area is 197 Å². The van der Waals surface area contributed by atoms with Crippen molar-refractivity contribution in [3.8, 4) is 22.8 Å². The number of ether oxygens (including phenoxy) is 1. The summed E-state index contributed by atoms with van der Waals surface area (Å²) in [4.78, 5) is 12.8. The Kier molecular flexibility index (Phi) is 5.80. The summed E-state index contributed by atoms with van der Waals surface area (Å²) in [6, 6.07) is 22.1. The molecule has 0 spiro atoms. The van der Waals surface area contributed by atoms with Crippen LogP contribution < -0.4 is 10.3 Å². The van der Waals surface area contributed by atoms with E-state index in [9.17, 15) is 4.79 Å². The number of nitrogens with zero attached hydrogens (tertiary/aromatic N) is 6. The SMILES string of the molecule is COc1ccc(-c2nnc(SCn3nnc4ccccc4c3=O)n2-c2ccc(Cl)cc2)cc1. The largest absolute Gasteiger partial charge is 0.497 e. The number of hydrogen-bond acceptors (Lipinski definition) is 7. The van der Waals surface area contributed by atoms with E-state index in [0.717, 1.165) is 17.0 Å². The lowest BCUT2D eigenvalue weighted by Crippen LogP contribution is -2.23. The molecular formula is C23H17ClN6O2S. The number of rotatable bonds is 6. The van der Waals surface area contributed by atoms with Crippen molar-refractivity contribution in [2.45, 2.75) is 11.0 Å². The zero-order valence-electron chi connectivity index (χ0n) is 17.4. The second kappa shape index (κ2) is 9.05. The van der Waals surface area contributed by atoms with Crippen LogP contribution in [0.2, 0.25) is 5.02 Å². The van der Waals surface area contributed by atoms with Crippen molar-refractivity contribution in [1.29, 1.82) is 0 Å². The predicted octanol–water partition coefficient (Wildman–Crippen LogP) is 4.45. The van der Waals surface area contributed by atoms with Gasteiger partial charge in [-0.15, -0.1) is 15.3 Å². The zero-order valence-corrected chi connectivity index (χ0v) is 19.0. The van der Waals surface area contributed by atoms with E-state index >= 15 is 0 Å². The summed E-state index contributed by atoms with van der Waals surface area (Å²) >= 11 is 7.43. The summed E-state index contributed by atoms with van der Waals surface area (Å²) in [7, 11) is 1.62. The van der Waals surface area contributed by atoms with Crippen LogP contribution in [-0.2, 0) is 5.88 Å². The number of benzene rings is 3. The fraction of sp³-hybridized carbons (Fsp3) is 0.0870. The maximum atomic E-state index is 12.8. The molecule has 0 unspecified atom stereocenters. The van der Waals surface area contributed by atoms with Crippen molar-refractivity contribution < 1.29 is 4.74 Å². The molecule has 0 saturated carbocycles. The number of hydrogen-bond donors (Lipinski definition) is 0. The van der Waals surface area contributed by atoms with E-state index < -0.39 is 0 Å². The fourth-order valence-corrected chi connectivity index (χ4v) is 4.29. The summed E-state index contributed by atoms with van der Waals surface area (Å²) < 4.78 is 8.50. The Balaban J connectivity index is 1.53. The van der Waals surface area contributed by atoms with Crippen molar-refractivity contribution in [2.75, 3.05) is 7.11 Å². The molecule has 0 bridgehead atoms. The number of halogens is 1. The van der Waals surface area contributed by atoms with Crippen LogP contribution >= 0.6 is 23.4 Å². The zero-order chi connectivity index (χ0) is 22.8. The van der Waals surface area contributed by atoms with Crippen LogP contribution in [0.4, 0.5) is 0 Å². The molecule has 5 rings (SSSR count). The van der Waals surface area contributed by atoms with Crippen LogP contribution in [0, 0.1) is 0 Å². The van der Waals surface area contributed by atoms with E-state index in [0.29, 0.717) is 26.9 Å². The van der Waals surface area contributed by atoms with E-state index in [1.165, 1.54) is 16.4 Å². The van der Waals surface area contributed by atoms with Gasteiger partial charge in [-0.1, -0.05) is 40.7 Å². The highest BCUT2D eigenvalue weighted by Crippen LogP contribution is 2.30. The molecule has 164 valence electrons. The maximum absolute atomic E-state index is 12.8. The van der Waals surface area contributed by atoms with E-state index in [4.69, 9.17) is 16.3 Å². The third-order valence-electron chi connectivity index (χ3n) is 5.01. The normalized spacial score (nSPS) is 11.1. The van der Waals surface area contributed by atoms with Gasteiger partial charge in [0.05, 0.1) is 18.4 Å². The quantitative estimate of drug-likeness (QED) is 0.334. The smallest absolute Gasteiger partial charge is 0.278 e. The van der Waals surface area contributed by atoms with Gasteiger partial charge in [0.1, 0.15) is 11.3 Å². The first-order valence-corrected chi connectivity index (χ1v) is 11.3. The predicted molar refractivity (Wildman–Crippen MR) is 128 cm³/mol. The molecular weight excluding hydrogens is 460 g/mol. The van der Waals surface area contributed by atoms with E-state index in [1.54, 1.807) is 25.3 Å². The van der Waals surface area contributed by atoms with E-state index in [2.05, 4.69) is 20.5 Å². The summed E-state index contributed by atoms with van der Waals surface area (Å²) in [6.45, 7) is 0. The highest BCUT2D eigenvalue weighted by molar-refractivity contribution is 7.98. The second-order valence-electron chi connectivity index (χ2n) is 7.03. The van der Waals surface area contributed by atoms with Gasteiger partial charge in [-0.05, 0) is 60.7 Å². The molecule has 10 heteroatoms. The molecule has 8 nitrogen and oxygen atoms in total. The molecule has 0 atom stereocenters. The van der Waals surface area contributed by atoms with Gasteiger partial charge in [-0.3, -0.25) is 9.36 Å². The Morgan fingerprint density at radius 3 is 2.45 bits per heavy atom. The topological polar surface area (TPSA) is 87.7 Å². The van der Waals surface area contributed by atoms with Crippen LogP contribution in [0.5, 0.6) is 5.75 Å². The van der Waals surface area contributed by atoms with Gasteiger partial charge in [-0.25, -0.2) is 0 Å². The Bertz CT molecular complexity index is 1480. The average Bonchev–Trinajstić information content (AvgIpc) is 3.28. The first kappa shape index (κ1) is 21.2. The van der Waals surface area contributed by atoms with Crippen molar-refractivity contribution in [2.24, 2.45) is 0 Å². The molecule has 0 radical (unpaired) electrons. The molecule has 0 aliphatic rings. The Hall–Kier alpha value is -3.69. The number of methoxy groups -OCH3 is 1. The van der Waals surface area contributed by atoms with Crippen LogP contribution in [0.15, 0.2) is 82.7 Å². The molecule has 5 aromatic rings. The fourth-order valence-electron chi connectivity index (χ4n) is 3.34. The minimum atomic E-state index is -0.207. The number of aromatic nitrogens is 6. The molecule has 2 aromatic heterocycles. The third-order valence-corrected chi connectivity index (χ3v) is 6.16. The lowest BCUT2D eigenvalue weighted by Gasteiger charge is -2.11. The molecule has 0 N–H and O–H groups in total. The van der Waals surface area contributed by atoms with Gasteiger partial charge in [0.2, 0.25) is 0 Å². The molecule has 33 heavy (non-hydrogen) atoms. The molecule has 0 amide bonds. The highest BCUT2D eigenvalue weighted by atomic mass is 35.5. The minimum absolute atomic E-state index is 0.207. The van der Waals surface area contributed by atoms with Crippen LogP contribution in [0.3, 0.4) is 0 Å². The van der Waals surface area contributed by atoms with Crippen LogP contribution in [0.1, 0.15) is 0 Å². The van der Waals surface area contributed by atoms with Gasteiger partial charge >= 0.3 is 0 Å². The molecule has 0 saturated heterocycles. The molecule has 3 aromatic carbocycles. The third kappa shape index (κ3) is 4.20. The summed E-state index contributed by atoms with van der Waals surface area (Å²) in [6.07, 6.45) is 0. The molecule has 0 aliphatic heterocycles. The van der Waals surface area contributed by atoms with Crippen LogP contribution in [-0.4, -0.2) is 36.9 Å². The van der Waals surface area contributed by atoms with Gasteiger partial charge in [0, 0.05) is 16.3 Å². The Morgan fingerprint density at radius 1 is 0.939 bits per heavy atom. The van der Waals surface area contributed by atoms with Gasteiger partial charge in [0.25, 0.3) is 5.56 Å². The van der Waals surface area contributed by atoms with E-state index in [-0.39, 0.29) is 11.4 Å². The van der Waals surface area contributed by atoms with Crippen molar-refractivity contribution in [3.63, 3.8) is 0 Å². The lowest BCUT2D eigenvalue weighted by molar-refractivity contribution is 0.415. The monoisotopic (exact) mass is 476 g/mol. The standard InChI is InChI=1S/C23H17ClN6O2S/c1-32-18-12-6-15(7-13-18)21-26-27-23(30(21)17-10-8-16(24)9-11-17)33-14-29-22(31)19-4-2-3-5-20(19)25-28-29/h2-13H,14H2,1H3. The maximum Gasteiger partial charge on any atom is 0.278 e. The van der Waals surface area contributed by atoms with Gasteiger partial charge < -0.3 is 4.74 Å². The highest BCUT2D eigenvalue weighted by Gasteiger charge is 2.17. The van der Waals surface area contributed by atoms with Crippen LogP contribution in [0.25, 0.3) is 28.0 Å². The lowest BCUT2D eigenvalue weighted by atomic mass is 10.2. The molecule has 0 aliphatic carbocycles. The molecule has 2 heterocycles. The second-order valence-corrected chi connectivity index (χ2v) is 8.38. The Morgan fingerprint density at radius 2 is 1.70 bits per heavy atom. The van der Waals surface area contributed by atoms with Gasteiger partial charge in [-0.2, -0.15) is 4.68 Å². The van der Waals surface area contributed by atoms with Gasteiger partial charge in [0.15, 0.2) is 11.0 Å². The van der Waals surface area contributed by atoms with E-state index in [1.807, 2.05) is 59.2 Å². The number of fused-ring (bicyclic) bond motifs is 1. The first-order chi connectivity index (χ1) is 16.1. The number of thioether (sulfide) groups is 1. The average molecular weight is 477 g/mol. The van der Waals surface area contributed by atoms with Crippen molar-refractivity contribution >= 4 is 34.3 Å². The minimum Gasteiger partial charge on any atom is -0.497 e. The first-order valence-electron chi connectivity index (χ1n) is 9.95. The molecule has 0 fully saturated rings. The van der Waals surface area contributed by atoms with Crippen molar-refractivity contribution in [1.82, 2.24) is 29.8 Å².